The van der Waals surface area contributed by atoms with E-state index in [9.17, 15) is 14.7 Å². The lowest BCUT2D eigenvalue weighted by Gasteiger charge is -2.26. The van der Waals surface area contributed by atoms with Crippen LogP contribution in [0.2, 0.25) is 0 Å². The van der Waals surface area contributed by atoms with Crippen LogP contribution in [0.3, 0.4) is 0 Å². The molecule has 2 aromatic carbocycles. The number of ether oxygens (including phenoxy) is 2. The number of aromatic hydroxyl groups is 1. The SMILES string of the molecule is Cc1cc(-c2cc(-c3ccc(OCC(=O)NCCN4CCOCC4)cc3)[nH]c(=O)n2)ccc1O. The number of rotatable bonds is 8. The molecular weight excluding hydrogens is 436 g/mol. The Morgan fingerprint density at radius 2 is 1.88 bits per heavy atom. The largest absolute Gasteiger partial charge is 0.508 e. The molecule has 3 aromatic rings. The van der Waals surface area contributed by atoms with Gasteiger partial charge in [0.1, 0.15) is 11.5 Å². The van der Waals surface area contributed by atoms with Gasteiger partial charge in [0.05, 0.1) is 24.6 Å². The van der Waals surface area contributed by atoms with Crippen LogP contribution >= 0.6 is 0 Å². The van der Waals surface area contributed by atoms with Gasteiger partial charge in [-0.3, -0.25) is 9.69 Å². The second-order valence-electron chi connectivity index (χ2n) is 8.10. The third-order valence-electron chi connectivity index (χ3n) is 5.63. The molecule has 0 bridgehead atoms. The molecule has 1 fully saturated rings. The zero-order chi connectivity index (χ0) is 23.9. The van der Waals surface area contributed by atoms with Crippen molar-refractivity contribution in [1.82, 2.24) is 20.2 Å². The van der Waals surface area contributed by atoms with Gasteiger partial charge < -0.3 is 24.9 Å². The first-order valence-corrected chi connectivity index (χ1v) is 11.2. The highest BCUT2D eigenvalue weighted by atomic mass is 16.5. The number of morpholine rings is 1. The quantitative estimate of drug-likeness (QED) is 0.466. The molecule has 0 atom stereocenters. The molecule has 0 saturated carbocycles. The average molecular weight is 465 g/mol. The Morgan fingerprint density at radius 3 is 2.62 bits per heavy atom. The minimum atomic E-state index is -0.465. The van der Waals surface area contributed by atoms with Gasteiger partial charge in [-0.15, -0.1) is 0 Å². The van der Waals surface area contributed by atoms with Crippen molar-refractivity contribution in [2.45, 2.75) is 6.92 Å². The molecule has 4 rings (SSSR count). The average Bonchev–Trinajstić information content (AvgIpc) is 2.85. The summed E-state index contributed by atoms with van der Waals surface area (Å²) in [4.78, 5) is 33.3. The highest BCUT2D eigenvalue weighted by Crippen LogP contribution is 2.26. The summed E-state index contributed by atoms with van der Waals surface area (Å²) in [5.41, 5.74) is 2.87. The second kappa shape index (κ2) is 11.0. The molecular formula is C25H28N4O5. The van der Waals surface area contributed by atoms with Crippen LogP contribution in [0.5, 0.6) is 11.5 Å². The van der Waals surface area contributed by atoms with Crippen molar-refractivity contribution in [3.63, 3.8) is 0 Å². The molecule has 9 nitrogen and oxygen atoms in total. The second-order valence-corrected chi connectivity index (χ2v) is 8.10. The van der Waals surface area contributed by atoms with E-state index in [0.29, 0.717) is 29.2 Å². The Bertz CT molecular complexity index is 1190. The molecule has 0 spiro atoms. The van der Waals surface area contributed by atoms with E-state index in [4.69, 9.17) is 9.47 Å². The van der Waals surface area contributed by atoms with Gasteiger partial charge in [0.2, 0.25) is 0 Å². The van der Waals surface area contributed by atoms with Gasteiger partial charge >= 0.3 is 5.69 Å². The lowest BCUT2D eigenvalue weighted by Crippen LogP contribution is -2.42. The number of phenols is 1. The molecule has 1 aromatic heterocycles. The Hall–Kier alpha value is -3.69. The fourth-order valence-electron chi connectivity index (χ4n) is 3.68. The molecule has 34 heavy (non-hydrogen) atoms. The minimum absolute atomic E-state index is 0.0705. The van der Waals surface area contributed by atoms with Crippen molar-refractivity contribution in [3.05, 3.63) is 64.6 Å². The number of carbonyl (C=O) groups excluding carboxylic acids is 1. The smallest absolute Gasteiger partial charge is 0.345 e. The standard InChI is InChI=1S/C25H28N4O5/c1-17-14-19(4-7-23(17)30)22-15-21(27-25(32)28-22)18-2-5-20(6-3-18)34-16-24(31)26-8-9-29-10-12-33-13-11-29/h2-7,14-15,30H,8-13,16H2,1H3,(H,26,31)(H,27,28,32). The zero-order valence-electron chi connectivity index (χ0n) is 19.0. The molecule has 1 aliphatic heterocycles. The molecule has 9 heteroatoms. The van der Waals surface area contributed by atoms with Gasteiger partial charge in [-0.25, -0.2) is 4.79 Å². The lowest BCUT2D eigenvalue weighted by molar-refractivity contribution is -0.123. The van der Waals surface area contributed by atoms with Gasteiger partial charge in [-0.05, 0) is 66.6 Å². The Morgan fingerprint density at radius 1 is 1.15 bits per heavy atom. The van der Waals surface area contributed by atoms with Crippen LogP contribution in [0.15, 0.2) is 53.3 Å². The number of nitrogens with zero attached hydrogens (tertiary/aromatic N) is 2. The summed E-state index contributed by atoms with van der Waals surface area (Å²) < 4.78 is 10.9. The van der Waals surface area contributed by atoms with Crippen LogP contribution in [0.1, 0.15) is 5.56 Å². The summed E-state index contributed by atoms with van der Waals surface area (Å²) >= 11 is 0. The van der Waals surface area contributed by atoms with Gasteiger partial charge in [0.25, 0.3) is 5.91 Å². The van der Waals surface area contributed by atoms with Crippen LogP contribution in [0, 0.1) is 6.92 Å². The predicted molar refractivity (Wildman–Crippen MR) is 128 cm³/mol. The van der Waals surface area contributed by atoms with Crippen LogP contribution in [0.25, 0.3) is 22.5 Å². The fourth-order valence-corrected chi connectivity index (χ4v) is 3.68. The molecule has 0 aliphatic carbocycles. The van der Waals surface area contributed by atoms with Gasteiger partial charge in [-0.1, -0.05) is 0 Å². The first-order valence-electron chi connectivity index (χ1n) is 11.2. The van der Waals surface area contributed by atoms with Crippen molar-refractivity contribution in [2.75, 3.05) is 46.0 Å². The van der Waals surface area contributed by atoms with Crippen molar-refractivity contribution in [3.8, 4) is 34.0 Å². The van der Waals surface area contributed by atoms with Gasteiger partial charge in [0, 0.05) is 31.7 Å². The van der Waals surface area contributed by atoms with Gasteiger partial charge in [-0.2, -0.15) is 4.98 Å². The number of benzene rings is 2. The van der Waals surface area contributed by atoms with E-state index in [1.807, 2.05) is 12.1 Å². The molecule has 3 N–H and O–H groups in total. The fraction of sp³-hybridized carbons (Fsp3) is 0.320. The number of nitrogens with one attached hydrogen (secondary N) is 2. The summed E-state index contributed by atoms with van der Waals surface area (Å²) in [7, 11) is 0. The summed E-state index contributed by atoms with van der Waals surface area (Å²) in [6.45, 7) is 6.32. The maximum Gasteiger partial charge on any atom is 0.345 e. The van der Waals surface area contributed by atoms with E-state index in [1.165, 1.54) is 0 Å². The van der Waals surface area contributed by atoms with Crippen LogP contribution in [-0.2, 0) is 9.53 Å². The number of phenolic OH excluding ortho intramolecular Hbond substituents is 1. The number of aromatic amines is 1. The molecule has 1 amide bonds. The molecule has 2 heterocycles. The summed E-state index contributed by atoms with van der Waals surface area (Å²) in [5.74, 6) is 0.567. The lowest BCUT2D eigenvalue weighted by atomic mass is 10.1. The number of hydrogen-bond acceptors (Lipinski definition) is 7. The van der Waals surface area contributed by atoms with Crippen molar-refractivity contribution < 1.29 is 19.4 Å². The monoisotopic (exact) mass is 464 g/mol. The molecule has 178 valence electrons. The zero-order valence-corrected chi connectivity index (χ0v) is 19.0. The number of H-pyrrole nitrogens is 1. The van der Waals surface area contributed by atoms with E-state index in [1.54, 1.807) is 43.3 Å². The Balaban J connectivity index is 1.34. The number of aryl methyl sites for hydroxylation is 1. The summed E-state index contributed by atoms with van der Waals surface area (Å²) in [6, 6.07) is 14.0. The number of aromatic nitrogens is 2. The van der Waals surface area contributed by atoms with E-state index in [-0.39, 0.29) is 18.3 Å². The highest BCUT2D eigenvalue weighted by molar-refractivity contribution is 5.77. The Labute approximate surface area is 197 Å². The first kappa shape index (κ1) is 23.5. The van der Waals surface area contributed by atoms with Gasteiger partial charge in [0.15, 0.2) is 6.61 Å². The number of amides is 1. The Kier molecular flexibility index (Phi) is 7.56. The van der Waals surface area contributed by atoms with Crippen molar-refractivity contribution in [2.24, 2.45) is 0 Å². The predicted octanol–water partition coefficient (Wildman–Crippen LogP) is 1.95. The highest BCUT2D eigenvalue weighted by Gasteiger charge is 2.11. The van der Waals surface area contributed by atoms with Crippen LogP contribution in [-0.4, -0.2) is 71.9 Å². The molecule has 0 unspecified atom stereocenters. The van der Waals surface area contributed by atoms with Crippen molar-refractivity contribution >= 4 is 5.91 Å². The van der Waals surface area contributed by atoms with Crippen LogP contribution < -0.4 is 15.7 Å². The molecule has 1 saturated heterocycles. The third kappa shape index (κ3) is 6.21. The van der Waals surface area contributed by atoms with E-state index in [2.05, 4.69) is 20.2 Å². The first-order chi connectivity index (χ1) is 16.5. The van der Waals surface area contributed by atoms with E-state index >= 15 is 0 Å². The summed E-state index contributed by atoms with van der Waals surface area (Å²) in [5, 5.41) is 12.6. The van der Waals surface area contributed by atoms with E-state index in [0.717, 1.165) is 44.0 Å². The molecule has 0 radical (unpaired) electrons. The maximum atomic E-state index is 12.1. The number of hydrogen-bond donors (Lipinski definition) is 3. The third-order valence-corrected chi connectivity index (χ3v) is 5.63. The minimum Gasteiger partial charge on any atom is -0.508 e. The van der Waals surface area contributed by atoms with E-state index < -0.39 is 5.69 Å². The maximum absolute atomic E-state index is 12.1. The topological polar surface area (TPSA) is 117 Å². The summed E-state index contributed by atoms with van der Waals surface area (Å²) in [6.07, 6.45) is 0. The van der Waals surface area contributed by atoms with Crippen molar-refractivity contribution in [1.29, 1.82) is 0 Å². The number of carbonyl (C=O) groups is 1. The normalized spacial score (nSPS) is 14.0. The molecule has 1 aliphatic rings. The van der Waals surface area contributed by atoms with Crippen LogP contribution in [0.4, 0.5) is 0 Å².